The summed E-state index contributed by atoms with van der Waals surface area (Å²) >= 11 is 6.05. The molecule has 2 aromatic carbocycles. The first kappa shape index (κ1) is 19.6. The molecule has 0 spiro atoms. The number of esters is 1. The molecule has 2 aromatic rings. The SMILES string of the molecule is COc1cc(OC)c(OC)cc1/C=C1/N=C(c2cc(Cl)ccc2OC)OC1=O. The predicted molar refractivity (Wildman–Crippen MR) is 105 cm³/mol. The molecule has 0 aliphatic carbocycles. The monoisotopic (exact) mass is 403 g/mol. The summed E-state index contributed by atoms with van der Waals surface area (Å²) < 4.78 is 26.6. The molecule has 0 amide bonds. The number of carbonyl (C=O) groups is 1. The first-order valence-electron chi connectivity index (χ1n) is 8.17. The van der Waals surface area contributed by atoms with Crippen molar-refractivity contribution >= 4 is 29.5 Å². The van der Waals surface area contributed by atoms with Gasteiger partial charge in [0.2, 0.25) is 5.90 Å². The number of nitrogens with zero attached hydrogens (tertiary/aromatic N) is 1. The molecule has 0 N–H and O–H groups in total. The molecule has 28 heavy (non-hydrogen) atoms. The molecule has 0 bridgehead atoms. The molecule has 1 aliphatic rings. The minimum absolute atomic E-state index is 0.0996. The molecule has 0 saturated heterocycles. The molecule has 0 atom stereocenters. The van der Waals surface area contributed by atoms with Crippen molar-refractivity contribution in [2.24, 2.45) is 4.99 Å². The van der Waals surface area contributed by atoms with Gasteiger partial charge in [0, 0.05) is 16.7 Å². The highest BCUT2D eigenvalue weighted by atomic mass is 35.5. The minimum Gasteiger partial charge on any atom is -0.496 e. The molecule has 7 nitrogen and oxygen atoms in total. The van der Waals surface area contributed by atoms with Gasteiger partial charge in [0.25, 0.3) is 0 Å². The first-order valence-corrected chi connectivity index (χ1v) is 8.55. The van der Waals surface area contributed by atoms with Gasteiger partial charge >= 0.3 is 5.97 Å². The van der Waals surface area contributed by atoms with E-state index < -0.39 is 5.97 Å². The van der Waals surface area contributed by atoms with Crippen LogP contribution in [0.5, 0.6) is 23.0 Å². The Morgan fingerprint density at radius 3 is 2.18 bits per heavy atom. The van der Waals surface area contributed by atoms with Crippen molar-refractivity contribution in [2.45, 2.75) is 0 Å². The summed E-state index contributed by atoms with van der Waals surface area (Å²) in [7, 11) is 6.07. The Morgan fingerprint density at radius 1 is 0.893 bits per heavy atom. The van der Waals surface area contributed by atoms with Crippen LogP contribution in [0.25, 0.3) is 6.08 Å². The van der Waals surface area contributed by atoms with Gasteiger partial charge in [-0.3, -0.25) is 0 Å². The third-order valence-corrected chi connectivity index (χ3v) is 4.28. The molecule has 146 valence electrons. The van der Waals surface area contributed by atoms with Crippen LogP contribution in [0.4, 0.5) is 0 Å². The van der Waals surface area contributed by atoms with E-state index in [0.29, 0.717) is 39.1 Å². The molecule has 0 fully saturated rings. The average molecular weight is 404 g/mol. The maximum absolute atomic E-state index is 12.3. The Balaban J connectivity index is 2.06. The van der Waals surface area contributed by atoms with Crippen molar-refractivity contribution < 1.29 is 28.5 Å². The second-order valence-corrected chi connectivity index (χ2v) is 6.07. The molecule has 0 saturated carbocycles. The van der Waals surface area contributed by atoms with Crippen molar-refractivity contribution in [2.75, 3.05) is 28.4 Å². The number of ether oxygens (including phenoxy) is 5. The van der Waals surface area contributed by atoms with E-state index in [2.05, 4.69) is 4.99 Å². The summed E-state index contributed by atoms with van der Waals surface area (Å²) in [5.74, 6) is 1.47. The quantitative estimate of drug-likeness (QED) is 0.540. The van der Waals surface area contributed by atoms with E-state index >= 15 is 0 Å². The van der Waals surface area contributed by atoms with E-state index in [9.17, 15) is 4.79 Å². The second-order valence-electron chi connectivity index (χ2n) is 5.63. The lowest BCUT2D eigenvalue weighted by Crippen LogP contribution is -2.07. The number of aliphatic imine (C=N–C) groups is 1. The van der Waals surface area contributed by atoms with E-state index in [1.807, 2.05) is 0 Å². The van der Waals surface area contributed by atoms with Crippen LogP contribution in [-0.2, 0) is 9.53 Å². The van der Waals surface area contributed by atoms with E-state index in [0.717, 1.165) is 0 Å². The number of rotatable bonds is 6. The van der Waals surface area contributed by atoms with Gasteiger partial charge in [-0.2, -0.15) is 0 Å². The molecular formula is C20H18ClNO6. The molecule has 3 rings (SSSR count). The molecule has 1 aliphatic heterocycles. The van der Waals surface area contributed by atoms with Gasteiger partial charge in [-0.05, 0) is 30.3 Å². The van der Waals surface area contributed by atoms with E-state index in [4.69, 9.17) is 35.3 Å². The van der Waals surface area contributed by atoms with Crippen LogP contribution in [0.3, 0.4) is 0 Å². The van der Waals surface area contributed by atoms with Gasteiger partial charge in [-0.25, -0.2) is 9.79 Å². The maximum atomic E-state index is 12.3. The summed E-state index contributed by atoms with van der Waals surface area (Å²) in [4.78, 5) is 16.6. The van der Waals surface area contributed by atoms with Crippen LogP contribution in [0.2, 0.25) is 5.02 Å². The molecule has 8 heteroatoms. The van der Waals surface area contributed by atoms with Crippen LogP contribution in [0.15, 0.2) is 41.0 Å². The highest BCUT2D eigenvalue weighted by Gasteiger charge is 2.27. The Kier molecular flexibility index (Phi) is 5.75. The Hall–Kier alpha value is -3.19. The molecular weight excluding hydrogens is 386 g/mol. The summed E-state index contributed by atoms with van der Waals surface area (Å²) in [6.45, 7) is 0. The van der Waals surface area contributed by atoms with Crippen molar-refractivity contribution in [3.8, 4) is 23.0 Å². The van der Waals surface area contributed by atoms with Gasteiger partial charge in [-0.15, -0.1) is 0 Å². The fourth-order valence-electron chi connectivity index (χ4n) is 2.68. The largest absolute Gasteiger partial charge is 0.496 e. The zero-order chi connectivity index (χ0) is 20.3. The van der Waals surface area contributed by atoms with E-state index in [1.54, 1.807) is 36.4 Å². The third-order valence-electron chi connectivity index (χ3n) is 4.04. The van der Waals surface area contributed by atoms with Crippen molar-refractivity contribution in [1.29, 1.82) is 0 Å². The fraction of sp³-hybridized carbons (Fsp3) is 0.200. The number of halogens is 1. The summed E-state index contributed by atoms with van der Waals surface area (Å²) in [6.07, 6.45) is 1.55. The van der Waals surface area contributed by atoms with Crippen molar-refractivity contribution in [3.05, 3.63) is 52.2 Å². The Labute approximate surface area is 167 Å². The minimum atomic E-state index is -0.603. The number of cyclic esters (lactones) is 1. The van der Waals surface area contributed by atoms with Crippen LogP contribution in [0, 0.1) is 0 Å². The summed E-state index contributed by atoms with van der Waals surface area (Å²) in [6, 6.07) is 8.31. The smallest absolute Gasteiger partial charge is 0.363 e. The molecule has 0 aromatic heterocycles. The van der Waals surface area contributed by atoms with Gasteiger partial charge in [0.05, 0.1) is 34.0 Å². The summed E-state index contributed by atoms with van der Waals surface area (Å²) in [5, 5.41) is 0.466. The van der Waals surface area contributed by atoms with Gasteiger partial charge < -0.3 is 23.7 Å². The lowest BCUT2D eigenvalue weighted by atomic mass is 10.1. The van der Waals surface area contributed by atoms with Gasteiger partial charge in [0.1, 0.15) is 11.5 Å². The normalized spacial score (nSPS) is 14.5. The highest BCUT2D eigenvalue weighted by molar-refractivity contribution is 6.31. The van der Waals surface area contributed by atoms with Crippen molar-refractivity contribution in [1.82, 2.24) is 0 Å². The topological polar surface area (TPSA) is 75.6 Å². The third kappa shape index (κ3) is 3.75. The van der Waals surface area contributed by atoms with Crippen LogP contribution in [0.1, 0.15) is 11.1 Å². The van der Waals surface area contributed by atoms with Crippen molar-refractivity contribution in [3.63, 3.8) is 0 Å². The average Bonchev–Trinajstić information content (AvgIpc) is 3.07. The lowest BCUT2D eigenvalue weighted by Gasteiger charge is -2.12. The molecule has 0 unspecified atom stereocenters. The van der Waals surface area contributed by atoms with Gasteiger partial charge in [0.15, 0.2) is 17.2 Å². The highest BCUT2D eigenvalue weighted by Crippen LogP contribution is 2.36. The number of hydrogen-bond acceptors (Lipinski definition) is 7. The number of hydrogen-bond donors (Lipinski definition) is 0. The zero-order valence-corrected chi connectivity index (χ0v) is 16.5. The summed E-state index contributed by atoms with van der Waals surface area (Å²) in [5.41, 5.74) is 1.16. The molecule has 1 heterocycles. The Morgan fingerprint density at radius 2 is 1.54 bits per heavy atom. The molecule has 0 radical (unpaired) electrons. The first-order chi connectivity index (χ1) is 13.5. The Bertz CT molecular complexity index is 983. The number of carbonyl (C=O) groups excluding carboxylic acids is 1. The zero-order valence-electron chi connectivity index (χ0n) is 15.7. The number of methoxy groups -OCH3 is 4. The standard InChI is InChI=1S/C20H18ClNO6/c1-24-15-6-5-12(21)9-13(15)19-22-14(20(23)28-19)7-11-8-17(26-3)18(27-4)10-16(11)25-2/h5-10H,1-4H3/b14-7+. The lowest BCUT2D eigenvalue weighted by molar-refractivity contribution is -0.129. The fourth-order valence-corrected chi connectivity index (χ4v) is 2.86. The van der Waals surface area contributed by atoms with E-state index in [-0.39, 0.29) is 11.6 Å². The number of benzene rings is 2. The second kappa shape index (κ2) is 8.22. The van der Waals surface area contributed by atoms with Crippen LogP contribution in [-0.4, -0.2) is 40.3 Å². The maximum Gasteiger partial charge on any atom is 0.363 e. The van der Waals surface area contributed by atoms with E-state index in [1.165, 1.54) is 28.4 Å². The van der Waals surface area contributed by atoms with Gasteiger partial charge in [-0.1, -0.05) is 11.6 Å². The predicted octanol–water partition coefficient (Wildman–Crippen LogP) is 3.72. The van der Waals surface area contributed by atoms with Crippen LogP contribution >= 0.6 is 11.6 Å². The van der Waals surface area contributed by atoms with Crippen LogP contribution < -0.4 is 18.9 Å².